The number of carbonyl (C=O) groups is 1. The molecule has 1 saturated heterocycles. The molecule has 0 aliphatic carbocycles. The summed E-state index contributed by atoms with van der Waals surface area (Å²) in [6.07, 6.45) is 1.82. The fourth-order valence-corrected chi connectivity index (χ4v) is 3.16. The Morgan fingerprint density at radius 1 is 1.21 bits per heavy atom. The van der Waals surface area contributed by atoms with Gasteiger partial charge >= 0.3 is 6.03 Å². The summed E-state index contributed by atoms with van der Waals surface area (Å²) in [5.41, 5.74) is 8.51. The molecular formula is C19H29N7O2. The Kier molecular flexibility index (Phi) is 6.72. The lowest BCUT2D eigenvalue weighted by molar-refractivity contribution is 0.183. The maximum absolute atomic E-state index is 12.1. The molecule has 1 aliphatic rings. The molecule has 2 heterocycles. The van der Waals surface area contributed by atoms with Gasteiger partial charge in [0.2, 0.25) is 0 Å². The van der Waals surface area contributed by atoms with E-state index in [0.717, 1.165) is 37.4 Å². The van der Waals surface area contributed by atoms with E-state index >= 15 is 0 Å². The SMILES string of the molecule is COCCn1ccc(NNC(=O)Nc2ccc(N3CCN(C)CC3)c(C)c2)n1. The molecule has 2 aromatic rings. The van der Waals surface area contributed by atoms with Crippen LogP contribution in [-0.4, -0.2) is 67.7 Å². The topological polar surface area (TPSA) is 86.7 Å². The average Bonchev–Trinajstić information content (AvgIpc) is 3.14. The summed E-state index contributed by atoms with van der Waals surface area (Å²) in [4.78, 5) is 16.9. The quantitative estimate of drug-likeness (QED) is 0.628. The number of nitrogens with one attached hydrogen (secondary N) is 3. The van der Waals surface area contributed by atoms with E-state index in [1.165, 1.54) is 5.69 Å². The van der Waals surface area contributed by atoms with E-state index < -0.39 is 0 Å². The van der Waals surface area contributed by atoms with Crippen molar-refractivity contribution in [1.29, 1.82) is 0 Å². The zero-order valence-electron chi connectivity index (χ0n) is 16.7. The molecular weight excluding hydrogens is 358 g/mol. The highest BCUT2D eigenvalue weighted by atomic mass is 16.5. The van der Waals surface area contributed by atoms with Crippen LogP contribution in [0.4, 0.5) is 22.0 Å². The highest BCUT2D eigenvalue weighted by molar-refractivity contribution is 5.90. The Balaban J connectivity index is 1.50. The zero-order chi connectivity index (χ0) is 19.9. The largest absolute Gasteiger partial charge is 0.383 e. The number of anilines is 3. The van der Waals surface area contributed by atoms with Crippen LogP contribution < -0.4 is 21.1 Å². The Labute approximate surface area is 165 Å². The number of carbonyl (C=O) groups excluding carboxylic acids is 1. The van der Waals surface area contributed by atoms with Crippen molar-refractivity contribution in [3.63, 3.8) is 0 Å². The summed E-state index contributed by atoms with van der Waals surface area (Å²) in [7, 11) is 3.79. The summed E-state index contributed by atoms with van der Waals surface area (Å²) in [6.45, 7) is 7.48. The van der Waals surface area contributed by atoms with Crippen molar-refractivity contribution in [2.45, 2.75) is 13.5 Å². The molecule has 0 unspecified atom stereocenters. The fourth-order valence-electron chi connectivity index (χ4n) is 3.16. The van der Waals surface area contributed by atoms with Crippen LogP contribution >= 0.6 is 0 Å². The van der Waals surface area contributed by atoms with Crippen LogP contribution in [-0.2, 0) is 11.3 Å². The molecule has 0 saturated carbocycles. The normalized spacial score (nSPS) is 14.8. The number of nitrogens with zero attached hydrogens (tertiary/aromatic N) is 4. The van der Waals surface area contributed by atoms with Crippen LogP contribution in [0.3, 0.4) is 0 Å². The van der Waals surface area contributed by atoms with Crippen molar-refractivity contribution >= 4 is 23.2 Å². The predicted octanol–water partition coefficient (Wildman–Crippen LogP) is 1.74. The van der Waals surface area contributed by atoms with E-state index in [1.807, 2.05) is 18.3 Å². The van der Waals surface area contributed by atoms with Gasteiger partial charge in [-0.3, -0.25) is 10.1 Å². The van der Waals surface area contributed by atoms with Gasteiger partial charge in [0.05, 0.1) is 13.2 Å². The monoisotopic (exact) mass is 387 g/mol. The number of rotatable bonds is 7. The van der Waals surface area contributed by atoms with Crippen molar-refractivity contribution in [3.05, 3.63) is 36.0 Å². The van der Waals surface area contributed by atoms with Crippen molar-refractivity contribution in [2.24, 2.45) is 0 Å². The van der Waals surface area contributed by atoms with Crippen molar-refractivity contribution in [3.8, 4) is 0 Å². The second-order valence-electron chi connectivity index (χ2n) is 6.95. The first-order valence-corrected chi connectivity index (χ1v) is 9.44. The van der Waals surface area contributed by atoms with Crippen molar-refractivity contribution < 1.29 is 9.53 Å². The molecule has 3 N–H and O–H groups in total. The van der Waals surface area contributed by atoms with Gasteiger partial charge < -0.3 is 19.9 Å². The molecule has 0 radical (unpaired) electrons. The Morgan fingerprint density at radius 2 is 2.00 bits per heavy atom. The van der Waals surface area contributed by atoms with Crippen LogP contribution in [0.2, 0.25) is 0 Å². The number of likely N-dealkylation sites (N-methyl/N-ethyl adjacent to an activating group) is 1. The number of hydrogen-bond acceptors (Lipinski definition) is 6. The molecule has 2 amide bonds. The van der Waals surface area contributed by atoms with E-state index in [0.29, 0.717) is 19.0 Å². The smallest absolute Gasteiger partial charge is 0.337 e. The number of aryl methyl sites for hydroxylation is 1. The molecule has 9 heteroatoms. The van der Waals surface area contributed by atoms with Gasteiger partial charge in [0, 0.05) is 56.9 Å². The average molecular weight is 387 g/mol. The summed E-state index contributed by atoms with van der Waals surface area (Å²) < 4.78 is 6.76. The number of ether oxygens (including phenoxy) is 1. The number of urea groups is 1. The minimum Gasteiger partial charge on any atom is -0.383 e. The maximum Gasteiger partial charge on any atom is 0.337 e. The molecule has 0 atom stereocenters. The predicted molar refractivity (Wildman–Crippen MR) is 111 cm³/mol. The minimum absolute atomic E-state index is 0.349. The first-order valence-electron chi connectivity index (χ1n) is 9.44. The van der Waals surface area contributed by atoms with Crippen LogP contribution in [0, 0.1) is 6.92 Å². The zero-order valence-corrected chi connectivity index (χ0v) is 16.7. The molecule has 1 fully saturated rings. The minimum atomic E-state index is -0.349. The second kappa shape index (κ2) is 9.43. The van der Waals surface area contributed by atoms with Gasteiger partial charge in [-0.15, -0.1) is 0 Å². The van der Waals surface area contributed by atoms with Gasteiger partial charge in [-0.1, -0.05) is 0 Å². The summed E-state index contributed by atoms with van der Waals surface area (Å²) >= 11 is 0. The molecule has 0 spiro atoms. The van der Waals surface area contributed by atoms with Crippen molar-refractivity contribution in [2.75, 3.05) is 62.6 Å². The highest BCUT2D eigenvalue weighted by Crippen LogP contribution is 2.24. The van der Waals surface area contributed by atoms with Gasteiger partial charge in [-0.25, -0.2) is 10.2 Å². The molecule has 1 aromatic heterocycles. The molecule has 152 valence electrons. The first-order chi connectivity index (χ1) is 13.5. The number of piperazine rings is 1. The number of aromatic nitrogens is 2. The van der Waals surface area contributed by atoms with Crippen LogP contribution in [0.1, 0.15) is 5.56 Å². The lowest BCUT2D eigenvalue weighted by Crippen LogP contribution is -2.44. The number of hydrogen-bond donors (Lipinski definition) is 3. The first kappa shape index (κ1) is 20.0. The van der Waals surface area contributed by atoms with E-state index in [1.54, 1.807) is 17.9 Å². The summed E-state index contributed by atoms with van der Waals surface area (Å²) in [5, 5.41) is 7.12. The third-order valence-corrected chi connectivity index (χ3v) is 4.77. The molecule has 1 aromatic carbocycles. The number of hydrazine groups is 1. The third-order valence-electron chi connectivity index (χ3n) is 4.77. The number of amides is 2. The second-order valence-corrected chi connectivity index (χ2v) is 6.95. The van der Waals surface area contributed by atoms with Gasteiger partial charge in [0.1, 0.15) is 0 Å². The Morgan fingerprint density at radius 3 is 2.71 bits per heavy atom. The highest BCUT2D eigenvalue weighted by Gasteiger charge is 2.16. The van der Waals surface area contributed by atoms with Gasteiger partial charge in [-0.05, 0) is 37.7 Å². The Bertz CT molecular complexity index is 784. The molecule has 3 rings (SSSR count). The van der Waals surface area contributed by atoms with E-state index in [2.05, 4.69) is 51.1 Å². The van der Waals surface area contributed by atoms with Gasteiger partial charge in [-0.2, -0.15) is 5.10 Å². The van der Waals surface area contributed by atoms with E-state index in [-0.39, 0.29) is 6.03 Å². The standard InChI is InChI=1S/C19H29N7O2/c1-15-14-16(4-5-17(15)25-10-8-24(2)9-11-25)20-19(27)22-21-18-6-7-26(23-18)12-13-28-3/h4-7,14H,8-13H2,1-3H3,(H,21,23)(H2,20,22,27). The van der Waals surface area contributed by atoms with E-state index in [9.17, 15) is 4.79 Å². The van der Waals surface area contributed by atoms with Crippen LogP contribution in [0.5, 0.6) is 0 Å². The molecule has 0 bridgehead atoms. The van der Waals surface area contributed by atoms with Crippen LogP contribution in [0.15, 0.2) is 30.5 Å². The van der Waals surface area contributed by atoms with Gasteiger partial charge in [0.25, 0.3) is 0 Å². The molecule has 9 nitrogen and oxygen atoms in total. The maximum atomic E-state index is 12.1. The third kappa shape index (κ3) is 5.37. The summed E-state index contributed by atoms with van der Waals surface area (Å²) in [6, 6.07) is 7.43. The summed E-state index contributed by atoms with van der Waals surface area (Å²) in [5.74, 6) is 0.563. The van der Waals surface area contributed by atoms with E-state index in [4.69, 9.17) is 4.74 Å². The van der Waals surface area contributed by atoms with Gasteiger partial charge in [0.15, 0.2) is 5.82 Å². The molecule has 28 heavy (non-hydrogen) atoms. The molecule has 1 aliphatic heterocycles. The van der Waals surface area contributed by atoms with Crippen LogP contribution in [0.25, 0.3) is 0 Å². The van der Waals surface area contributed by atoms with Crippen molar-refractivity contribution in [1.82, 2.24) is 20.1 Å². The Hall–Kier alpha value is -2.78. The number of benzene rings is 1. The lowest BCUT2D eigenvalue weighted by atomic mass is 10.1. The lowest BCUT2D eigenvalue weighted by Gasteiger charge is -2.35. The number of methoxy groups -OCH3 is 1. The fraction of sp³-hybridized carbons (Fsp3) is 0.474.